The molecule has 0 fully saturated rings. The first kappa shape index (κ1) is 14.4. The Kier molecular flexibility index (Phi) is 3.04. The van der Waals surface area contributed by atoms with Crippen LogP contribution in [0.5, 0.6) is 0 Å². The first-order chi connectivity index (χ1) is 10.9. The molecule has 0 saturated carbocycles. The predicted octanol–water partition coefficient (Wildman–Crippen LogP) is 0.933. The molecule has 0 saturated heterocycles. The van der Waals surface area contributed by atoms with Gasteiger partial charge >= 0.3 is 0 Å². The summed E-state index contributed by atoms with van der Waals surface area (Å²) < 4.78 is 32.3. The monoisotopic (exact) mass is 326 g/mol. The van der Waals surface area contributed by atoms with Crippen molar-refractivity contribution in [1.29, 1.82) is 0 Å². The van der Waals surface area contributed by atoms with Crippen molar-refractivity contribution in [2.24, 2.45) is 0 Å². The van der Waals surface area contributed by atoms with E-state index >= 15 is 0 Å². The lowest BCUT2D eigenvalue weighted by atomic mass is 9.88. The molecule has 1 N–H and O–H groups in total. The van der Waals surface area contributed by atoms with Crippen molar-refractivity contribution in [2.45, 2.75) is 18.1 Å². The quantitative estimate of drug-likeness (QED) is 0.792. The summed E-state index contributed by atoms with van der Waals surface area (Å²) in [5.74, 6) is -0.111. The molecule has 116 valence electrons. The molecule has 0 amide bonds. The van der Waals surface area contributed by atoms with E-state index in [0.29, 0.717) is 11.1 Å². The molecule has 0 radical (unpaired) electrons. The summed E-state index contributed by atoms with van der Waals surface area (Å²) in [6, 6.07) is 11.5. The first-order valence-electron chi connectivity index (χ1n) is 7.39. The van der Waals surface area contributed by atoms with Gasteiger partial charge in [-0.15, -0.1) is 0 Å². The molecule has 4 nitrogen and oxygen atoms in total. The minimum Gasteiger partial charge on any atom is -0.289 e. The van der Waals surface area contributed by atoms with Gasteiger partial charge in [-0.05, 0) is 45.4 Å². The second-order valence-corrected chi connectivity index (χ2v) is 7.63. The van der Waals surface area contributed by atoms with E-state index in [9.17, 15) is 17.8 Å². The molecule has 0 spiro atoms. The van der Waals surface area contributed by atoms with Gasteiger partial charge in [0.2, 0.25) is 0 Å². The van der Waals surface area contributed by atoms with Crippen molar-refractivity contribution < 1.29 is 17.8 Å². The maximum atomic E-state index is 12.6. The Hall–Kier alpha value is -2.24. The fraction of sp³-hybridized carbons (Fsp3) is 0.167. The third kappa shape index (κ3) is 2.24. The van der Waals surface area contributed by atoms with Gasteiger partial charge in [0.05, 0.1) is 5.25 Å². The fourth-order valence-corrected chi connectivity index (χ4v) is 4.18. The number of carbonyl (C=O) groups excluding carboxylic acids is 1. The molecule has 0 aliphatic heterocycles. The molecule has 5 heteroatoms. The Bertz CT molecular complexity index is 1160. The lowest BCUT2D eigenvalue weighted by Crippen LogP contribution is -2.32. The highest BCUT2D eigenvalue weighted by molar-refractivity contribution is 7.86. The Labute approximate surface area is 132 Å². The van der Waals surface area contributed by atoms with Gasteiger partial charge in [0, 0.05) is 5.56 Å². The highest BCUT2D eigenvalue weighted by Crippen LogP contribution is 2.21. The first-order valence-corrected chi connectivity index (χ1v) is 8.89. The summed E-state index contributed by atoms with van der Waals surface area (Å²) in [6.45, 7) is 0. The van der Waals surface area contributed by atoms with Gasteiger partial charge in [-0.25, -0.2) is 0 Å². The summed E-state index contributed by atoms with van der Waals surface area (Å²) in [4.78, 5) is 12.6. The Morgan fingerprint density at radius 3 is 2.57 bits per heavy atom. The third-order valence-electron chi connectivity index (χ3n) is 4.59. The van der Waals surface area contributed by atoms with Crippen LogP contribution in [0.1, 0.15) is 22.3 Å². The Balaban J connectivity index is 2.10. The molecule has 2 aromatic carbocycles. The van der Waals surface area contributed by atoms with Crippen molar-refractivity contribution in [3.05, 3.63) is 68.4 Å². The molecule has 1 unspecified atom stereocenters. The van der Waals surface area contributed by atoms with E-state index < -0.39 is 15.4 Å². The zero-order valence-electron chi connectivity index (χ0n) is 12.2. The summed E-state index contributed by atoms with van der Waals surface area (Å²) in [5.41, 5.74) is 1.28. The molecule has 0 heterocycles. The molecular weight excluding hydrogens is 312 g/mol. The highest BCUT2D eigenvalue weighted by Gasteiger charge is 2.28. The van der Waals surface area contributed by atoms with E-state index in [1.165, 1.54) is 0 Å². The smallest absolute Gasteiger partial charge is 0.268 e. The molecule has 2 aliphatic rings. The van der Waals surface area contributed by atoms with E-state index in [4.69, 9.17) is 0 Å². The summed E-state index contributed by atoms with van der Waals surface area (Å²) in [6.07, 6.45) is 3.80. The largest absolute Gasteiger partial charge is 0.289 e. The van der Waals surface area contributed by atoms with Gasteiger partial charge < -0.3 is 0 Å². The van der Waals surface area contributed by atoms with Crippen molar-refractivity contribution in [2.75, 3.05) is 0 Å². The van der Waals surface area contributed by atoms with Crippen LogP contribution in [-0.2, 0) is 16.5 Å². The van der Waals surface area contributed by atoms with Crippen LogP contribution < -0.4 is 10.4 Å². The number of rotatable bonds is 1. The van der Waals surface area contributed by atoms with E-state index in [1.807, 2.05) is 36.4 Å². The second-order valence-electron chi connectivity index (χ2n) is 5.93. The fourth-order valence-electron chi connectivity index (χ4n) is 3.46. The van der Waals surface area contributed by atoms with Gasteiger partial charge in [-0.1, -0.05) is 42.5 Å². The number of Topliss-reactive ketones (excluding diaryl/α,β-unsaturated/α-hetero) is 1. The molecule has 2 aromatic rings. The van der Waals surface area contributed by atoms with Crippen LogP contribution in [0.3, 0.4) is 0 Å². The number of carbonyl (C=O) groups is 1. The van der Waals surface area contributed by atoms with E-state index in [2.05, 4.69) is 0 Å². The summed E-state index contributed by atoms with van der Waals surface area (Å²) in [7, 11) is -4.13. The van der Waals surface area contributed by atoms with Crippen LogP contribution in [0, 0.1) is 10.4 Å². The number of ketones is 1. The van der Waals surface area contributed by atoms with Crippen molar-refractivity contribution in [1.82, 2.24) is 0 Å². The molecule has 4 rings (SSSR count). The van der Waals surface area contributed by atoms with Crippen LogP contribution in [-0.4, -0.2) is 24.0 Å². The maximum absolute atomic E-state index is 12.6. The van der Waals surface area contributed by atoms with E-state index in [1.54, 1.807) is 12.2 Å². The number of fused-ring (bicyclic) bond motifs is 4. The minimum atomic E-state index is -4.13. The second kappa shape index (κ2) is 4.88. The van der Waals surface area contributed by atoms with Gasteiger partial charge in [-0.2, -0.15) is 8.42 Å². The van der Waals surface area contributed by atoms with Crippen LogP contribution in [0.25, 0.3) is 12.2 Å². The van der Waals surface area contributed by atoms with Gasteiger partial charge in [0.25, 0.3) is 10.1 Å². The van der Waals surface area contributed by atoms with Crippen LogP contribution in [0.2, 0.25) is 0 Å². The van der Waals surface area contributed by atoms with E-state index in [-0.39, 0.29) is 18.6 Å². The van der Waals surface area contributed by atoms with Gasteiger partial charge in [0.15, 0.2) is 5.78 Å². The number of hydrogen-bond acceptors (Lipinski definition) is 3. The summed E-state index contributed by atoms with van der Waals surface area (Å²) >= 11 is 0. The lowest BCUT2D eigenvalue weighted by Gasteiger charge is -2.20. The Morgan fingerprint density at radius 1 is 1.00 bits per heavy atom. The average Bonchev–Trinajstić information content (AvgIpc) is 2.53. The molecule has 1 atom stereocenters. The number of hydrogen-bond donors (Lipinski definition) is 1. The maximum Gasteiger partial charge on any atom is 0.268 e. The SMILES string of the molecule is O=C1C=c2ccccc2=c2ccc3c(c21)CC(S(=O)(=O)O)CC=3. The van der Waals surface area contributed by atoms with Gasteiger partial charge in [0.1, 0.15) is 0 Å². The third-order valence-corrected chi connectivity index (χ3v) is 5.79. The van der Waals surface area contributed by atoms with E-state index in [0.717, 1.165) is 20.9 Å². The zero-order valence-corrected chi connectivity index (χ0v) is 13.0. The minimum absolute atomic E-state index is 0.111. The normalized spacial score (nSPS) is 19.0. The topological polar surface area (TPSA) is 71.4 Å². The van der Waals surface area contributed by atoms with Crippen LogP contribution >= 0.6 is 0 Å². The predicted molar refractivity (Wildman–Crippen MR) is 86.7 cm³/mol. The van der Waals surface area contributed by atoms with Gasteiger partial charge in [-0.3, -0.25) is 9.35 Å². The lowest BCUT2D eigenvalue weighted by molar-refractivity contribution is 0.105. The number of benzene rings is 2. The molecule has 23 heavy (non-hydrogen) atoms. The van der Waals surface area contributed by atoms with Crippen molar-refractivity contribution >= 4 is 28.1 Å². The zero-order chi connectivity index (χ0) is 16.2. The molecular formula is C18H14O4S. The van der Waals surface area contributed by atoms with Crippen molar-refractivity contribution in [3.63, 3.8) is 0 Å². The summed E-state index contributed by atoms with van der Waals surface area (Å²) in [5, 5.41) is 2.67. The van der Waals surface area contributed by atoms with Crippen molar-refractivity contribution in [3.8, 4) is 0 Å². The highest BCUT2D eigenvalue weighted by atomic mass is 32.2. The average molecular weight is 326 g/mol. The van der Waals surface area contributed by atoms with Crippen LogP contribution in [0.15, 0.2) is 36.4 Å². The Morgan fingerprint density at radius 2 is 1.78 bits per heavy atom. The standard InChI is InChI=1S/C18H14O4S/c19-17-9-12-3-1-2-4-14(12)15-8-6-11-5-7-13(23(20,21)22)10-16(11)18(15)17/h1-6,8-9,13H,7,10H2,(H,20,21,22). The van der Waals surface area contributed by atoms with Crippen LogP contribution in [0.4, 0.5) is 0 Å². The molecule has 2 aliphatic carbocycles. The molecule has 0 aromatic heterocycles. The molecule has 0 bridgehead atoms.